The number of likely N-dealkylation sites (N-methyl/N-ethyl adjacent to an activating group) is 1. The average molecular weight is 491 g/mol. The van der Waals surface area contributed by atoms with E-state index in [-0.39, 0.29) is 18.3 Å². The van der Waals surface area contributed by atoms with Crippen molar-refractivity contribution in [2.24, 2.45) is 5.92 Å². The fraction of sp³-hybridized carbons (Fsp3) is 0.519. The number of benzene rings is 2. The number of hydrogen-bond donors (Lipinski definition) is 0. The van der Waals surface area contributed by atoms with E-state index in [0.717, 1.165) is 49.4 Å². The molecule has 6 nitrogen and oxygen atoms in total. The third-order valence-electron chi connectivity index (χ3n) is 6.36. The second-order valence-corrected chi connectivity index (χ2v) is 8.72. The molecule has 0 amide bonds. The number of hydrogen-bond acceptors (Lipinski definition) is 6. The van der Waals surface area contributed by atoms with Crippen LogP contribution in [0.2, 0.25) is 0 Å². The monoisotopic (exact) mass is 490 g/mol. The SMILES string of the molecule is COc1cc(CCN(C)CCCC(C#N)(c2cc(OC)cc(OC)c2)C(C)C)cc(OC)c1.Cl. The molecule has 1 unspecified atom stereocenters. The summed E-state index contributed by atoms with van der Waals surface area (Å²) < 4.78 is 21.7. The zero-order chi connectivity index (χ0) is 24.4. The molecule has 0 aliphatic carbocycles. The van der Waals surface area contributed by atoms with Gasteiger partial charge in [0.1, 0.15) is 23.0 Å². The Balaban J connectivity index is 0.00000578. The Kier molecular flexibility index (Phi) is 12.1. The number of nitrogens with zero attached hydrogens (tertiary/aromatic N) is 2. The number of nitriles is 1. The van der Waals surface area contributed by atoms with Crippen LogP contribution in [0.25, 0.3) is 0 Å². The first-order valence-electron chi connectivity index (χ1n) is 11.4. The highest BCUT2D eigenvalue weighted by molar-refractivity contribution is 5.85. The Hall–Kier alpha value is -2.62. The lowest BCUT2D eigenvalue weighted by Crippen LogP contribution is -2.32. The van der Waals surface area contributed by atoms with Crippen LogP contribution < -0.4 is 18.9 Å². The van der Waals surface area contributed by atoms with E-state index >= 15 is 0 Å². The van der Waals surface area contributed by atoms with Gasteiger partial charge in [-0.25, -0.2) is 0 Å². The van der Waals surface area contributed by atoms with Crippen molar-refractivity contribution in [1.82, 2.24) is 4.90 Å². The van der Waals surface area contributed by atoms with Crippen LogP contribution in [-0.2, 0) is 11.8 Å². The average Bonchev–Trinajstić information content (AvgIpc) is 2.84. The summed E-state index contributed by atoms with van der Waals surface area (Å²) in [5, 5.41) is 10.3. The van der Waals surface area contributed by atoms with Gasteiger partial charge in [-0.1, -0.05) is 13.8 Å². The number of methoxy groups -OCH3 is 4. The van der Waals surface area contributed by atoms with Crippen LogP contribution >= 0.6 is 12.4 Å². The molecule has 0 aliphatic heterocycles. The van der Waals surface area contributed by atoms with Gasteiger partial charge in [0.15, 0.2) is 0 Å². The first-order chi connectivity index (χ1) is 15.8. The van der Waals surface area contributed by atoms with Crippen LogP contribution in [0.1, 0.15) is 37.8 Å². The second-order valence-electron chi connectivity index (χ2n) is 8.72. The highest BCUT2D eigenvalue weighted by Gasteiger charge is 2.36. The Bertz CT molecular complexity index is 900. The predicted octanol–water partition coefficient (Wildman–Crippen LogP) is 5.51. The van der Waals surface area contributed by atoms with Gasteiger partial charge < -0.3 is 23.8 Å². The zero-order valence-electron chi connectivity index (χ0n) is 21.5. The lowest BCUT2D eigenvalue weighted by Gasteiger charge is -2.32. The van der Waals surface area contributed by atoms with E-state index in [9.17, 15) is 5.26 Å². The van der Waals surface area contributed by atoms with Crippen molar-refractivity contribution in [2.45, 2.75) is 38.5 Å². The topological polar surface area (TPSA) is 64.0 Å². The number of halogens is 1. The van der Waals surface area contributed by atoms with Gasteiger partial charge >= 0.3 is 0 Å². The molecule has 1 atom stereocenters. The molecule has 0 fully saturated rings. The van der Waals surface area contributed by atoms with Crippen LogP contribution in [0.3, 0.4) is 0 Å². The van der Waals surface area contributed by atoms with Gasteiger partial charge in [0.2, 0.25) is 0 Å². The van der Waals surface area contributed by atoms with Gasteiger partial charge in [-0.2, -0.15) is 5.26 Å². The molecule has 0 aromatic heterocycles. The summed E-state index contributed by atoms with van der Waals surface area (Å²) >= 11 is 0. The van der Waals surface area contributed by atoms with Crippen molar-refractivity contribution in [3.63, 3.8) is 0 Å². The second kappa shape index (κ2) is 13.9. The minimum atomic E-state index is -0.608. The fourth-order valence-electron chi connectivity index (χ4n) is 4.15. The summed E-state index contributed by atoms with van der Waals surface area (Å²) in [6, 6.07) is 14.4. The molecule has 0 saturated heterocycles. The molecule has 0 saturated carbocycles. The summed E-state index contributed by atoms with van der Waals surface area (Å²) in [5.74, 6) is 3.16. The summed E-state index contributed by atoms with van der Waals surface area (Å²) in [7, 11) is 8.72. The van der Waals surface area contributed by atoms with Gasteiger partial charge in [0, 0.05) is 18.7 Å². The van der Waals surface area contributed by atoms with E-state index in [1.165, 1.54) is 5.56 Å². The van der Waals surface area contributed by atoms with Crippen molar-refractivity contribution in [2.75, 3.05) is 48.6 Å². The standard InChI is InChI=1S/C27H38N2O4.ClH/c1-20(2)27(19-28,22-15-25(32-6)18-26(16-22)33-7)10-8-11-29(3)12-9-21-13-23(30-4)17-24(14-21)31-5;/h13-18,20H,8-12H2,1-7H3;1H. The van der Waals surface area contributed by atoms with Gasteiger partial charge in [-0.3, -0.25) is 0 Å². The van der Waals surface area contributed by atoms with Crippen LogP contribution in [0.4, 0.5) is 0 Å². The largest absolute Gasteiger partial charge is 0.497 e. The lowest BCUT2D eigenvalue weighted by atomic mass is 9.69. The number of rotatable bonds is 13. The van der Waals surface area contributed by atoms with Gasteiger partial charge in [0.05, 0.1) is 39.9 Å². The molecule has 188 valence electrons. The van der Waals surface area contributed by atoms with E-state index in [4.69, 9.17) is 18.9 Å². The maximum absolute atomic E-state index is 10.3. The van der Waals surface area contributed by atoms with E-state index in [1.54, 1.807) is 28.4 Å². The summed E-state index contributed by atoms with van der Waals surface area (Å²) in [4.78, 5) is 2.31. The molecule has 2 aromatic rings. The Morgan fingerprint density at radius 2 is 1.29 bits per heavy atom. The predicted molar refractivity (Wildman–Crippen MR) is 139 cm³/mol. The fourth-order valence-corrected chi connectivity index (χ4v) is 4.15. The third-order valence-corrected chi connectivity index (χ3v) is 6.36. The Morgan fingerprint density at radius 3 is 1.71 bits per heavy atom. The van der Waals surface area contributed by atoms with Crippen LogP contribution in [0, 0.1) is 17.2 Å². The van der Waals surface area contributed by atoms with E-state index in [0.29, 0.717) is 11.5 Å². The summed E-state index contributed by atoms with van der Waals surface area (Å²) in [6.07, 6.45) is 2.56. The van der Waals surface area contributed by atoms with Crippen LogP contribution in [0.5, 0.6) is 23.0 Å². The molecule has 7 heteroatoms. The highest BCUT2D eigenvalue weighted by Crippen LogP contribution is 2.40. The Labute approximate surface area is 211 Å². The molecule has 0 spiro atoms. The third kappa shape index (κ3) is 7.44. The lowest BCUT2D eigenvalue weighted by molar-refractivity contribution is 0.292. The molecular formula is C27H39ClN2O4. The minimum Gasteiger partial charge on any atom is -0.497 e. The minimum absolute atomic E-state index is 0. The highest BCUT2D eigenvalue weighted by atomic mass is 35.5. The maximum atomic E-state index is 10.3. The van der Waals surface area contributed by atoms with Crippen molar-refractivity contribution >= 4 is 12.4 Å². The number of ether oxygens (including phenoxy) is 4. The van der Waals surface area contributed by atoms with Crippen molar-refractivity contribution in [1.29, 1.82) is 5.26 Å². The summed E-state index contributed by atoms with van der Waals surface area (Å²) in [6.45, 7) is 6.02. The quantitative estimate of drug-likeness (QED) is 0.368. The molecule has 2 rings (SSSR count). The van der Waals surface area contributed by atoms with Crippen LogP contribution in [-0.4, -0.2) is 53.5 Å². The van der Waals surface area contributed by atoms with Crippen LogP contribution in [0.15, 0.2) is 36.4 Å². The first kappa shape index (κ1) is 29.4. The molecule has 34 heavy (non-hydrogen) atoms. The van der Waals surface area contributed by atoms with Gasteiger partial charge in [-0.05, 0) is 74.2 Å². The molecule has 0 N–H and O–H groups in total. The molecule has 0 heterocycles. The first-order valence-corrected chi connectivity index (χ1v) is 11.4. The molecule has 0 aliphatic rings. The van der Waals surface area contributed by atoms with E-state index < -0.39 is 5.41 Å². The van der Waals surface area contributed by atoms with E-state index in [2.05, 4.69) is 31.9 Å². The molecule has 0 radical (unpaired) electrons. The zero-order valence-corrected chi connectivity index (χ0v) is 22.3. The van der Waals surface area contributed by atoms with Crippen molar-refractivity contribution < 1.29 is 18.9 Å². The molecule has 2 aromatic carbocycles. The smallest absolute Gasteiger partial charge is 0.122 e. The van der Waals surface area contributed by atoms with Crippen molar-refractivity contribution in [3.05, 3.63) is 47.5 Å². The van der Waals surface area contributed by atoms with E-state index in [1.807, 2.05) is 36.4 Å². The Morgan fingerprint density at radius 1 is 0.824 bits per heavy atom. The van der Waals surface area contributed by atoms with Crippen molar-refractivity contribution in [3.8, 4) is 29.1 Å². The van der Waals surface area contributed by atoms with Gasteiger partial charge in [0.25, 0.3) is 0 Å². The molecule has 0 bridgehead atoms. The van der Waals surface area contributed by atoms with Gasteiger partial charge in [-0.15, -0.1) is 12.4 Å². The molecular weight excluding hydrogens is 452 g/mol. The summed E-state index contributed by atoms with van der Waals surface area (Å²) in [5.41, 5.74) is 1.51. The normalized spacial score (nSPS) is 12.5. The maximum Gasteiger partial charge on any atom is 0.122 e.